The number of carbonyl (C=O) groups is 2. The van der Waals surface area contributed by atoms with E-state index in [4.69, 9.17) is 4.74 Å². The van der Waals surface area contributed by atoms with Crippen LogP contribution in [0.15, 0.2) is 89.8 Å². The van der Waals surface area contributed by atoms with Crippen molar-refractivity contribution >= 4 is 27.5 Å². The highest BCUT2D eigenvalue weighted by Crippen LogP contribution is 2.26. The molecule has 1 aliphatic carbocycles. The van der Waals surface area contributed by atoms with Gasteiger partial charge in [-0.1, -0.05) is 68.3 Å². The topological polar surface area (TPSA) is 96.0 Å². The second-order valence-corrected chi connectivity index (χ2v) is 12.1. The molecule has 0 bridgehead atoms. The lowest BCUT2D eigenvalue weighted by Gasteiger charge is -2.33. The van der Waals surface area contributed by atoms with Gasteiger partial charge in [-0.25, -0.2) is 8.42 Å². The fraction of sp³-hybridized carbons (Fsp3) is 0.375. The first-order valence-electron chi connectivity index (χ1n) is 14.2. The van der Waals surface area contributed by atoms with Gasteiger partial charge in [-0.2, -0.15) is 0 Å². The largest absolute Gasteiger partial charge is 0.497 e. The Morgan fingerprint density at radius 1 is 0.927 bits per heavy atom. The molecule has 0 unspecified atom stereocenters. The third kappa shape index (κ3) is 7.67. The minimum absolute atomic E-state index is 0.0745. The molecular weight excluding hydrogens is 538 g/mol. The summed E-state index contributed by atoms with van der Waals surface area (Å²) in [6, 6.07) is 23.7. The lowest BCUT2D eigenvalue weighted by Crippen LogP contribution is -2.54. The number of nitrogens with zero attached hydrogens (tertiary/aromatic N) is 2. The number of rotatable bonds is 13. The number of benzene rings is 3. The standard InChI is InChI=1S/C32H39N3O5S/c1-3-30(32(37)33-26-14-10-11-15-26)34(23-22-25-12-6-4-7-13-25)31(36)24-35(27-18-20-28(40-2)21-19-27)41(38,39)29-16-8-5-9-17-29/h4-9,12-13,16-21,26,30H,3,10-11,14-15,22-24H2,1-2H3,(H,33,37)/t30-/m0/s1. The maximum atomic E-state index is 14.1. The molecule has 218 valence electrons. The SMILES string of the molecule is CC[C@@H](C(=O)NC1CCCC1)N(CCc1ccccc1)C(=O)CN(c1ccc(OC)cc1)S(=O)(=O)c1ccccc1. The van der Waals surface area contributed by atoms with E-state index in [2.05, 4.69) is 5.32 Å². The number of hydrogen-bond donors (Lipinski definition) is 1. The van der Waals surface area contributed by atoms with Crippen LogP contribution in [0.2, 0.25) is 0 Å². The van der Waals surface area contributed by atoms with Crippen molar-refractivity contribution in [3.63, 3.8) is 0 Å². The minimum Gasteiger partial charge on any atom is -0.497 e. The van der Waals surface area contributed by atoms with Crippen LogP contribution in [0, 0.1) is 0 Å². The van der Waals surface area contributed by atoms with Crippen molar-refractivity contribution in [2.75, 3.05) is 24.5 Å². The van der Waals surface area contributed by atoms with E-state index < -0.39 is 28.5 Å². The minimum atomic E-state index is -4.10. The van der Waals surface area contributed by atoms with E-state index in [0.29, 0.717) is 24.3 Å². The van der Waals surface area contributed by atoms with Gasteiger partial charge in [-0.05, 0) is 67.6 Å². The van der Waals surface area contributed by atoms with Crippen LogP contribution < -0.4 is 14.4 Å². The molecule has 3 aromatic carbocycles. The summed E-state index contributed by atoms with van der Waals surface area (Å²) in [5, 5.41) is 3.14. The predicted octanol–water partition coefficient (Wildman–Crippen LogP) is 4.80. The van der Waals surface area contributed by atoms with Crippen LogP contribution in [0.5, 0.6) is 5.75 Å². The second kappa shape index (κ2) is 14.2. The molecule has 0 radical (unpaired) electrons. The van der Waals surface area contributed by atoms with Crippen LogP contribution in [0.25, 0.3) is 0 Å². The number of amides is 2. The molecule has 9 heteroatoms. The molecule has 8 nitrogen and oxygen atoms in total. The van der Waals surface area contributed by atoms with Crippen molar-refractivity contribution in [3.05, 3.63) is 90.5 Å². The Morgan fingerprint density at radius 2 is 1.54 bits per heavy atom. The third-order valence-corrected chi connectivity index (χ3v) is 9.33. The van der Waals surface area contributed by atoms with Gasteiger partial charge in [-0.15, -0.1) is 0 Å². The smallest absolute Gasteiger partial charge is 0.264 e. The van der Waals surface area contributed by atoms with Crippen molar-refractivity contribution in [1.82, 2.24) is 10.2 Å². The maximum Gasteiger partial charge on any atom is 0.264 e. The number of hydrogen-bond acceptors (Lipinski definition) is 5. The first-order chi connectivity index (χ1) is 19.8. The zero-order valence-corrected chi connectivity index (χ0v) is 24.6. The predicted molar refractivity (Wildman–Crippen MR) is 160 cm³/mol. The Morgan fingerprint density at radius 3 is 2.12 bits per heavy atom. The molecule has 1 N–H and O–H groups in total. The van der Waals surface area contributed by atoms with Gasteiger partial charge in [0.2, 0.25) is 11.8 Å². The van der Waals surface area contributed by atoms with Crippen molar-refractivity contribution in [1.29, 1.82) is 0 Å². The van der Waals surface area contributed by atoms with Crippen molar-refractivity contribution in [2.24, 2.45) is 0 Å². The molecule has 0 spiro atoms. The zero-order valence-electron chi connectivity index (χ0n) is 23.7. The van der Waals surface area contributed by atoms with Crippen LogP contribution in [-0.4, -0.2) is 57.4 Å². The summed E-state index contributed by atoms with van der Waals surface area (Å²) >= 11 is 0. The number of nitrogens with one attached hydrogen (secondary N) is 1. The molecule has 41 heavy (non-hydrogen) atoms. The molecule has 1 saturated carbocycles. The molecule has 3 aromatic rings. The van der Waals surface area contributed by atoms with E-state index in [0.717, 1.165) is 35.6 Å². The van der Waals surface area contributed by atoms with E-state index >= 15 is 0 Å². The van der Waals surface area contributed by atoms with E-state index in [1.54, 1.807) is 47.4 Å². The lowest BCUT2D eigenvalue weighted by atomic mass is 10.1. The van der Waals surface area contributed by atoms with E-state index in [9.17, 15) is 18.0 Å². The van der Waals surface area contributed by atoms with Gasteiger partial charge in [0.1, 0.15) is 18.3 Å². The van der Waals surface area contributed by atoms with E-state index in [1.165, 1.54) is 19.2 Å². The number of ether oxygens (including phenoxy) is 1. The Kier molecular flexibility index (Phi) is 10.4. The Labute approximate surface area is 243 Å². The molecule has 4 rings (SSSR count). The number of carbonyl (C=O) groups excluding carboxylic acids is 2. The molecule has 0 heterocycles. The summed E-state index contributed by atoms with van der Waals surface area (Å²) in [4.78, 5) is 29.2. The quantitative estimate of drug-likeness (QED) is 0.315. The molecule has 1 atom stereocenters. The van der Waals surface area contributed by atoms with Crippen LogP contribution in [-0.2, 0) is 26.0 Å². The van der Waals surface area contributed by atoms with Gasteiger partial charge in [0.25, 0.3) is 10.0 Å². The lowest BCUT2D eigenvalue weighted by molar-refractivity contribution is -0.139. The fourth-order valence-corrected chi connectivity index (χ4v) is 6.70. The average Bonchev–Trinajstić information content (AvgIpc) is 3.51. The van der Waals surface area contributed by atoms with Crippen molar-refractivity contribution in [2.45, 2.75) is 62.4 Å². The first-order valence-corrected chi connectivity index (χ1v) is 15.6. The highest BCUT2D eigenvalue weighted by Gasteiger charge is 2.34. The van der Waals surface area contributed by atoms with Crippen molar-refractivity contribution in [3.8, 4) is 5.75 Å². The van der Waals surface area contributed by atoms with Gasteiger partial charge >= 0.3 is 0 Å². The van der Waals surface area contributed by atoms with Crippen LogP contribution in [0.1, 0.15) is 44.6 Å². The van der Waals surface area contributed by atoms with Crippen LogP contribution in [0.4, 0.5) is 5.69 Å². The fourth-order valence-electron chi connectivity index (χ4n) is 5.26. The van der Waals surface area contributed by atoms with E-state index in [1.807, 2.05) is 37.3 Å². The summed E-state index contributed by atoms with van der Waals surface area (Å²) in [6.45, 7) is 1.70. The Balaban J connectivity index is 1.66. The Bertz CT molecular complexity index is 1380. The highest BCUT2D eigenvalue weighted by molar-refractivity contribution is 7.92. The molecule has 1 fully saturated rings. The number of anilines is 1. The Hall–Kier alpha value is -3.85. The third-order valence-electron chi connectivity index (χ3n) is 7.54. The van der Waals surface area contributed by atoms with Crippen molar-refractivity contribution < 1.29 is 22.7 Å². The molecule has 0 saturated heterocycles. The molecule has 0 aromatic heterocycles. The van der Waals surface area contributed by atoms with Gasteiger partial charge in [-0.3, -0.25) is 13.9 Å². The summed E-state index contributed by atoms with van der Waals surface area (Å²) in [6.07, 6.45) is 4.96. The molecular formula is C32H39N3O5S. The molecule has 0 aliphatic heterocycles. The van der Waals surface area contributed by atoms with Gasteiger partial charge in [0.05, 0.1) is 17.7 Å². The average molecular weight is 578 g/mol. The summed E-state index contributed by atoms with van der Waals surface area (Å²) < 4.78 is 34.1. The summed E-state index contributed by atoms with van der Waals surface area (Å²) in [7, 11) is -2.57. The summed E-state index contributed by atoms with van der Waals surface area (Å²) in [5.41, 5.74) is 1.36. The zero-order chi connectivity index (χ0) is 29.2. The van der Waals surface area contributed by atoms with Crippen LogP contribution in [0.3, 0.4) is 0 Å². The highest BCUT2D eigenvalue weighted by atomic mass is 32.2. The maximum absolute atomic E-state index is 14.1. The van der Waals surface area contributed by atoms with Gasteiger partial charge in [0.15, 0.2) is 0 Å². The number of methoxy groups -OCH3 is 1. The second-order valence-electron chi connectivity index (χ2n) is 10.3. The van der Waals surface area contributed by atoms with E-state index in [-0.39, 0.29) is 23.4 Å². The summed E-state index contributed by atoms with van der Waals surface area (Å²) in [5.74, 6) is -0.0661. The number of sulfonamides is 1. The monoisotopic (exact) mass is 577 g/mol. The van der Waals surface area contributed by atoms with Crippen LogP contribution >= 0.6 is 0 Å². The van der Waals surface area contributed by atoms with Gasteiger partial charge in [0, 0.05) is 12.6 Å². The first kappa shape index (κ1) is 30.1. The molecule has 2 amide bonds. The van der Waals surface area contributed by atoms with Gasteiger partial charge < -0.3 is 15.0 Å². The normalized spacial score (nSPS) is 14.3. The molecule has 1 aliphatic rings.